The van der Waals surface area contributed by atoms with E-state index in [9.17, 15) is 18.4 Å². The number of carbonyl (C=O) groups excluding carboxylic acids is 1. The molecule has 1 fully saturated rings. The molecule has 1 amide bonds. The number of benzene rings is 1. The van der Waals surface area contributed by atoms with Gasteiger partial charge < -0.3 is 10.0 Å². The average Bonchev–Trinajstić information content (AvgIpc) is 2.66. The lowest BCUT2D eigenvalue weighted by Crippen LogP contribution is -2.34. The monoisotopic (exact) mass is 269 g/mol. The highest BCUT2D eigenvalue weighted by Gasteiger charge is 2.32. The number of likely N-dealkylation sites (tertiary alicyclic amines) is 1. The lowest BCUT2D eigenvalue weighted by molar-refractivity contribution is -0.139. The van der Waals surface area contributed by atoms with Crippen LogP contribution in [0, 0.1) is 11.6 Å². The van der Waals surface area contributed by atoms with Crippen LogP contribution in [0.15, 0.2) is 18.2 Å². The standard InChI is InChI=1S/C13H13F2NO3/c14-10-3-1-8(5-11(10)15)7-16-9(6-13(18)19)2-4-12(16)17/h1,3,5,9H,2,4,6-7H2,(H,18,19). The molecule has 0 bridgehead atoms. The van der Waals surface area contributed by atoms with Crippen LogP contribution in [0.2, 0.25) is 0 Å². The van der Waals surface area contributed by atoms with Gasteiger partial charge in [-0.3, -0.25) is 9.59 Å². The maximum Gasteiger partial charge on any atom is 0.305 e. The maximum atomic E-state index is 13.1. The summed E-state index contributed by atoms with van der Waals surface area (Å²) in [7, 11) is 0. The number of nitrogens with zero attached hydrogens (tertiary/aromatic N) is 1. The number of carbonyl (C=O) groups is 2. The van der Waals surface area contributed by atoms with Gasteiger partial charge in [0.2, 0.25) is 5.91 Å². The first-order valence-corrected chi connectivity index (χ1v) is 5.92. The topological polar surface area (TPSA) is 57.6 Å². The number of hydrogen-bond acceptors (Lipinski definition) is 2. The first kappa shape index (κ1) is 13.5. The molecule has 1 saturated heterocycles. The third-order valence-corrected chi connectivity index (χ3v) is 3.20. The Hall–Kier alpha value is -1.98. The molecule has 1 atom stereocenters. The predicted octanol–water partition coefficient (Wildman–Crippen LogP) is 1.93. The van der Waals surface area contributed by atoms with E-state index in [1.165, 1.54) is 11.0 Å². The van der Waals surface area contributed by atoms with E-state index < -0.39 is 17.6 Å². The van der Waals surface area contributed by atoms with Crippen molar-refractivity contribution in [3.63, 3.8) is 0 Å². The lowest BCUT2D eigenvalue weighted by atomic mass is 10.1. The second-order valence-electron chi connectivity index (χ2n) is 4.56. The smallest absolute Gasteiger partial charge is 0.305 e. The van der Waals surface area contributed by atoms with Gasteiger partial charge >= 0.3 is 5.97 Å². The van der Waals surface area contributed by atoms with E-state index in [0.717, 1.165) is 12.1 Å². The van der Waals surface area contributed by atoms with Crippen molar-refractivity contribution in [3.05, 3.63) is 35.4 Å². The highest BCUT2D eigenvalue weighted by Crippen LogP contribution is 2.24. The van der Waals surface area contributed by atoms with Crippen molar-refractivity contribution >= 4 is 11.9 Å². The normalized spacial score (nSPS) is 18.9. The fourth-order valence-corrected chi connectivity index (χ4v) is 2.26. The van der Waals surface area contributed by atoms with Crippen molar-refractivity contribution in [1.82, 2.24) is 4.90 Å². The molecule has 1 aromatic carbocycles. The summed E-state index contributed by atoms with van der Waals surface area (Å²) < 4.78 is 25.9. The van der Waals surface area contributed by atoms with Gasteiger partial charge in [-0.1, -0.05) is 6.07 Å². The average molecular weight is 269 g/mol. The van der Waals surface area contributed by atoms with Crippen LogP contribution in [-0.4, -0.2) is 27.9 Å². The van der Waals surface area contributed by atoms with Crippen LogP contribution in [0.25, 0.3) is 0 Å². The number of rotatable bonds is 4. The summed E-state index contributed by atoms with van der Waals surface area (Å²) in [6, 6.07) is 3.04. The summed E-state index contributed by atoms with van der Waals surface area (Å²) >= 11 is 0. The van der Waals surface area contributed by atoms with Gasteiger partial charge in [-0.2, -0.15) is 0 Å². The number of amides is 1. The number of carboxylic acids is 1. The molecule has 0 radical (unpaired) electrons. The predicted molar refractivity (Wildman–Crippen MR) is 62.2 cm³/mol. The van der Waals surface area contributed by atoms with Crippen molar-refractivity contribution in [3.8, 4) is 0 Å². The molecule has 1 aliphatic heterocycles. The summed E-state index contributed by atoms with van der Waals surface area (Å²) in [6.45, 7) is 0.105. The Morgan fingerprint density at radius 3 is 2.74 bits per heavy atom. The molecule has 0 spiro atoms. The molecule has 4 nitrogen and oxygen atoms in total. The fraction of sp³-hybridized carbons (Fsp3) is 0.385. The van der Waals surface area contributed by atoms with Crippen LogP contribution >= 0.6 is 0 Å². The minimum absolute atomic E-state index is 0.105. The molecule has 1 aliphatic rings. The largest absolute Gasteiger partial charge is 0.481 e. The molecule has 0 saturated carbocycles. The van der Waals surface area contributed by atoms with Gasteiger partial charge in [0.1, 0.15) is 0 Å². The summed E-state index contributed by atoms with van der Waals surface area (Å²) in [5, 5.41) is 8.78. The molecule has 1 unspecified atom stereocenters. The zero-order chi connectivity index (χ0) is 14.0. The first-order valence-electron chi connectivity index (χ1n) is 5.92. The number of aliphatic carboxylic acids is 1. The van der Waals surface area contributed by atoms with E-state index in [1.807, 2.05) is 0 Å². The summed E-state index contributed by atoms with van der Waals surface area (Å²) in [5.74, 6) is -3.05. The fourth-order valence-electron chi connectivity index (χ4n) is 2.26. The van der Waals surface area contributed by atoms with Crippen LogP contribution in [0.1, 0.15) is 24.8 Å². The van der Waals surface area contributed by atoms with Crippen molar-refractivity contribution in [2.45, 2.75) is 31.8 Å². The minimum Gasteiger partial charge on any atom is -0.481 e. The van der Waals surface area contributed by atoms with Gasteiger partial charge in [0.05, 0.1) is 6.42 Å². The maximum absolute atomic E-state index is 13.1. The van der Waals surface area contributed by atoms with E-state index >= 15 is 0 Å². The summed E-state index contributed by atoms with van der Waals surface area (Å²) in [5.41, 5.74) is 0.449. The van der Waals surface area contributed by atoms with Gasteiger partial charge in [-0.15, -0.1) is 0 Å². The van der Waals surface area contributed by atoms with Crippen LogP contribution in [0.4, 0.5) is 8.78 Å². The quantitative estimate of drug-likeness (QED) is 0.908. The number of carboxylic acid groups (broad SMARTS) is 1. The third kappa shape index (κ3) is 3.07. The Labute approximate surface area is 108 Å². The zero-order valence-corrected chi connectivity index (χ0v) is 10.1. The number of hydrogen-bond donors (Lipinski definition) is 1. The van der Waals surface area contributed by atoms with Crippen LogP contribution in [0.5, 0.6) is 0 Å². The highest BCUT2D eigenvalue weighted by atomic mass is 19.2. The van der Waals surface area contributed by atoms with Crippen molar-refractivity contribution in [1.29, 1.82) is 0 Å². The van der Waals surface area contributed by atoms with Gasteiger partial charge in [0.15, 0.2) is 11.6 Å². The van der Waals surface area contributed by atoms with Gasteiger partial charge in [-0.25, -0.2) is 8.78 Å². The van der Waals surface area contributed by atoms with Gasteiger partial charge in [0, 0.05) is 19.0 Å². The summed E-state index contributed by atoms with van der Waals surface area (Å²) in [4.78, 5) is 23.8. The Morgan fingerprint density at radius 2 is 2.11 bits per heavy atom. The van der Waals surface area contributed by atoms with Gasteiger partial charge in [0.25, 0.3) is 0 Å². The molecule has 1 N–H and O–H groups in total. The van der Waals surface area contributed by atoms with Crippen molar-refractivity contribution in [2.75, 3.05) is 0 Å². The lowest BCUT2D eigenvalue weighted by Gasteiger charge is -2.23. The minimum atomic E-state index is -0.977. The van der Waals surface area contributed by atoms with E-state index in [1.54, 1.807) is 0 Å². The highest BCUT2D eigenvalue weighted by molar-refractivity contribution is 5.80. The van der Waals surface area contributed by atoms with Crippen molar-refractivity contribution < 1.29 is 23.5 Å². The summed E-state index contributed by atoms with van der Waals surface area (Å²) in [6.07, 6.45) is 0.645. The Bertz CT molecular complexity index is 519. The molecular formula is C13H13F2NO3. The Balaban J connectivity index is 2.12. The van der Waals surface area contributed by atoms with Crippen LogP contribution in [0.3, 0.4) is 0 Å². The Morgan fingerprint density at radius 1 is 1.37 bits per heavy atom. The van der Waals surface area contributed by atoms with Crippen LogP contribution in [-0.2, 0) is 16.1 Å². The second kappa shape index (κ2) is 5.34. The van der Waals surface area contributed by atoms with E-state index in [0.29, 0.717) is 18.4 Å². The molecule has 2 rings (SSSR count). The van der Waals surface area contributed by atoms with E-state index in [-0.39, 0.29) is 24.9 Å². The van der Waals surface area contributed by atoms with E-state index in [4.69, 9.17) is 5.11 Å². The molecule has 0 aliphatic carbocycles. The second-order valence-corrected chi connectivity index (χ2v) is 4.56. The third-order valence-electron chi connectivity index (χ3n) is 3.20. The first-order chi connectivity index (χ1) is 8.97. The zero-order valence-electron chi connectivity index (χ0n) is 10.1. The molecule has 0 aromatic heterocycles. The van der Waals surface area contributed by atoms with Crippen LogP contribution < -0.4 is 0 Å². The Kier molecular flexibility index (Phi) is 3.78. The molecule has 1 aromatic rings. The SMILES string of the molecule is O=C(O)CC1CCC(=O)N1Cc1ccc(F)c(F)c1. The van der Waals surface area contributed by atoms with E-state index in [2.05, 4.69) is 0 Å². The van der Waals surface area contributed by atoms with Crippen molar-refractivity contribution in [2.24, 2.45) is 0 Å². The molecule has 19 heavy (non-hydrogen) atoms. The molecular weight excluding hydrogens is 256 g/mol. The molecule has 6 heteroatoms. The molecule has 102 valence electrons. The van der Waals surface area contributed by atoms with Gasteiger partial charge in [-0.05, 0) is 24.1 Å². The molecule has 1 heterocycles. The number of halogens is 2.